The summed E-state index contributed by atoms with van der Waals surface area (Å²) in [6.07, 6.45) is 0. The predicted octanol–water partition coefficient (Wildman–Crippen LogP) is 16.3. The summed E-state index contributed by atoms with van der Waals surface area (Å²) in [4.78, 5) is 5.29. The number of hydrogen-bond acceptors (Lipinski definition) is 2. The zero-order chi connectivity index (χ0) is 55.3. The minimum absolute atomic E-state index is 0.0111. The van der Waals surface area contributed by atoms with Crippen molar-refractivity contribution < 1.29 is 0 Å². The molecule has 0 fully saturated rings. The van der Waals surface area contributed by atoms with E-state index in [-0.39, 0.29) is 45.9 Å². The van der Waals surface area contributed by atoms with Gasteiger partial charge in [0.2, 0.25) is 13.4 Å². The zero-order valence-corrected chi connectivity index (χ0v) is 49.9. The first kappa shape index (κ1) is 50.7. The summed E-state index contributed by atoms with van der Waals surface area (Å²) in [7, 11) is 0. The van der Waals surface area contributed by atoms with Crippen molar-refractivity contribution in [2.45, 2.75) is 157 Å². The van der Waals surface area contributed by atoms with Crippen LogP contribution in [0.2, 0.25) is 0 Å². The van der Waals surface area contributed by atoms with E-state index in [4.69, 9.17) is 0 Å². The minimum atomic E-state index is -0.0547. The van der Waals surface area contributed by atoms with Crippen molar-refractivity contribution >= 4 is 102 Å². The number of hydrogen-bond donors (Lipinski definition) is 0. The van der Waals surface area contributed by atoms with Crippen molar-refractivity contribution in [1.29, 1.82) is 0 Å². The van der Waals surface area contributed by atoms with Crippen molar-refractivity contribution in [1.82, 2.24) is 0 Å². The fourth-order valence-electron chi connectivity index (χ4n) is 13.9. The molecule has 0 spiro atoms. The zero-order valence-electron chi connectivity index (χ0n) is 49.9. The molecule has 0 atom stereocenters. The van der Waals surface area contributed by atoms with Crippen molar-refractivity contribution in [2.75, 3.05) is 9.80 Å². The molecule has 13 rings (SSSR count). The molecule has 0 N–H and O–H groups in total. The number of benzene rings is 9. The van der Waals surface area contributed by atoms with Gasteiger partial charge in [0.05, 0.1) is 0 Å². The quantitative estimate of drug-likeness (QED) is 0.129. The molecule has 390 valence electrons. The molecule has 0 aromatic heterocycles. The highest BCUT2D eigenvalue weighted by molar-refractivity contribution is 7.05. The summed E-state index contributed by atoms with van der Waals surface area (Å²) in [5.41, 5.74) is 29.4. The number of anilines is 6. The first-order valence-corrected chi connectivity index (χ1v) is 29.0. The Labute approximate surface area is 467 Å². The maximum atomic E-state index is 2.65. The van der Waals surface area contributed by atoms with Gasteiger partial charge in [-0.05, 0) is 174 Å². The van der Waals surface area contributed by atoms with Crippen LogP contribution in [-0.2, 0) is 32.5 Å². The standard InChI is InChI=1S/C74H78B2N2/c1-69(2,3)44-25-31-50(32-26-44)77-58-35-29-46(71(7,8)9)40-56(58)75-54-23-19-21-52-62(43-37-48(73(13,14)15)39-49(38-43)74(16,17)18)53-22-20-24-55-64(53)65(63(52)54)66-67(75)60(77)42-61-68(66)76(55)57-41-47(72(10,11)12)30-36-59(57)78(61)51-33-27-45(28-34-51)70(4,5)6/h19-42H,1-18H3. The van der Waals surface area contributed by atoms with Gasteiger partial charge < -0.3 is 9.80 Å². The van der Waals surface area contributed by atoms with Gasteiger partial charge in [0.15, 0.2) is 0 Å². The van der Waals surface area contributed by atoms with Gasteiger partial charge in [-0.1, -0.05) is 239 Å². The second-order valence-electron chi connectivity index (χ2n) is 29.9. The molecule has 4 heterocycles. The summed E-state index contributed by atoms with van der Waals surface area (Å²) < 4.78 is 0. The molecule has 0 unspecified atom stereocenters. The topological polar surface area (TPSA) is 6.48 Å². The van der Waals surface area contributed by atoms with Crippen molar-refractivity contribution in [2.24, 2.45) is 0 Å². The van der Waals surface area contributed by atoms with E-state index in [1.165, 1.54) is 144 Å². The molecule has 4 aliphatic rings. The molecule has 0 bridgehead atoms. The van der Waals surface area contributed by atoms with Crippen LogP contribution >= 0.6 is 0 Å². The van der Waals surface area contributed by atoms with Gasteiger partial charge in [-0.2, -0.15) is 0 Å². The average Bonchev–Trinajstić information content (AvgIpc) is 2.63. The monoisotopic (exact) mass is 1020 g/mol. The summed E-state index contributed by atoms with van der Waals surface area (Å²) in [6, 6.07) is 58.9. The lowest BCUT2D eigenvalue weighted by Gasteiger charge is -2.48. The van der Waals surface area contributed by atoms with Crippen molar-refractivity contribution in [3.8, 4) is 22.3 Å². The fourth-order valence-corrected chi connectivity index (χ4v) is 13.9. The highest BCUT2D eigenvalue weighted by atomic mass is 15.2. The molecule has 0 radical (unpaired) electrons. The summed E-state index contributed by atoms with van der Waals surface area (Å²) >= 11 is 0. The summed E-state index contributed by atoms with van der Waals surface area (Å²) in [5, 5.41) is 5.50. The molecule has 0 saturated carbocycles. The third-order valence-electron chi connectivity index (χ3n) is 18.4. The van der Waals surface area contributed by atoms with E-state index in [2.05, 4.69) is 280 Å². The van der Waals surface area contributed by atoms with Gasteiger partial charge in [0, 0.05) is 34.1 Å². The lowest BCUT2D eigenvalue weighted by Crippen LogP contribution is -2.66. The smallest absolute Gasteiger partial charge is 0.248 e. The minimum Gasteiger partial charge on any atom is -0.311 e. The van der Waals surface area contributed by atoms with Gasteiger partial charge in [-0.25, -0.2) is 0 Å². The molecule has 4 aliphatic heterocycles. The van der Waals surface area contributed by atoms with Crippen LogP contribution in [0.25, 0.3) is 43.8 Å². The van der Waals surface area contributed by atoms with Crippen LogP contribution in [0.3, 0.4) is 0 Å². The molecule has 0 amide bonds. The normalized spacial score (nSPS) is 14.7. The molecule has 0 saturated heterocycles. The molecular formula is C74H78B2N2. The lowest BCUT2D eigenvalue weighted by atomic mass is 9.26. The third kappa shape index (κ3) is 7.50. The second-order valence-corrected chi connectivity index (χ2v) is 29.9. The van der Waals surface area contributed by atoms with Crippen LogP contribution in [-0.4, -0.2) is 13.4 Å². The molecule has 0 aliphatic carbocycles. The van der Waals surface area contributed by atoms with Crippen molar-refractivity contribution in [3.63, 3.8) is 0 Å². The molecule has 9 aromatic carbocycles. The first-order chi connectivity index (χ1) is 36.5. The Bertz CT molecular complexity index is 3770. The molecule has 2 nitrogen and oxygen atoms in total. The van der Waals surface area contributed by atoms with Crippen LogP contribution in [0.1, 0.15) is 158 Å². The Morgan fingerprint density at radius 2 is 0.641 bits per heavy atom. The van der Waals surface area contributed by atoms with Crippen LogP contribution in [0, 0.1) is 0 Å². The second kappa shape index (κ2) is 16.4. The Kier molecular flexibility index (Phi) is 10.7. The van der Waals surface area contributed by atoms with Gasteiger partial charge >= 0.3 is 0 Å². The highest BCUT2D eigenvalue weighted by Gasteiger charge is 2.50. The maximum absolute atomic E-state index is 2.65. The highest BCUT2D eigenvalue weighted by Crippen LogP contribution is 2.53. The summed E-state index contributed by atoms with van der Waals surface area (Å²) in [5.74, 6) is 0. The number of nitrogens with zero attached hydrogens (tertiary/aromatic N) is 2. The largest absolute Gasteiger partial charge is 0.311 e. The van der Waals surface area contributed by atoms with Gasteiger partial charge in [-0.3, -0.25) is 0 Å². The van der Waals surface area contributed by atoms with E-state index in [1.807, 2.05) is 0 Å². The Morgan fingerprint density at radius 1 is 0.282 bits per heavy atom. The van der Waals surface area contributed by atoms with Crippen LogP contribution < -0.4 is 42.6 Å². The average molecular weight is 1020 g/mol. The van der Waals surface area contributed by atoms with Crippen LogP contribution in [0.15, 0.2) is 146 Å². The van der Waals surface area contributed by atoms with E-state index in [1.54, 1.807) is 0 Å². The van der Waals surface area contributed by atoms with E-state index in [0.29, 0.717) is 0 Å². The molecule has 4 heteroatoms. The van der Waals surface area contributed by atoms with Crippen molar-refractivity contribution in [3.05, 3.63) is 179 Å². The van der Waals surface area contributed by atoms with Crippen LogP contribution in [0.4, 0.5) is 34.1 Å². The van der Waals surface area contributed by atoms with Crippen LogP contribution in [0.5, 0.6) is 0 Å². The van der Waals surface area contributed by atoms with E-state index in [0.717, 1.165) is 0 Å². The van der Waals surface area contributed by atoms with E-state index in [9.17, 15) is 0 Å². The molecule has 9 aromatic rings. The maximum Gasteiger partial charge on any atom is 0.248 e. The Morgan fingerprint density at radius 3 is 1.00 bits per heavy atom. The fraction of sp³-hybridized carbons (Fsp3) is 0.324. The summed E-state index contributed by atoms with van der Waals surface area (Å²) in [6.45, 7) is 42.4. The Balaban J connectivity index is 1.25. The lowest BCUT2D eigenvalue weighted by molar-refractivity contribution is 0.569. The number of rotatable bonds is 3. The third-order valence-corrected chi connectivity index (χ3v) is 18.4. The first-order valence-electron chi connectivity index (χ1n) is 29.0. The van der Waals surface area contributed by atoms with E-state index >= 15 is 0 Å². The number of fused-ring (bicyclic) bond motifs is 6. The predicted molar refractivity (Wildman–Crippen MR) is 343 cm³/mol. The molecular weight excluding hydrogens is 938 g/mol. The van der Waals surface area contributed by atoms with E-state index < -0.39 is 0 Å². The SMILES string of the molecule is CC(C)(C)c1ccc(N2c3ccc(C(C)(C)C)cc3B3c4c2cc2c5c4-c4c6c3cccc6c(-c3cc(C(C)(C)C)cc(C(C)(C)C)c3)c3cccc(c43)B5c3cc(C(C)(C)C)ccc3N2c2ccc(C(C)(C)C)cc2)cc1. The van der Waals surface area contributed by atoms with Gasteiger partial charge in [-0.15, -0.1) is 0 Å². The molecule has 78 heavy (non-hydrogen) atoms. The van der Waals surface area contributed by atoms with Gasteiger partial charge in [0.25, 0.3) is 0 Å². The van der Waals surface area contributed by atoms with Gasteiger partial charge in [0.1, 0.15) is 0 Å². The Hall–Kier alpha value is -6.77.